The molecule has 0 bridgehead atoms. The average molecular weight is 490 g/mol. The summed E-state index contributed by atoms with van der Waals surface area (Å²) in [4.78, 5) is 18.1. The molecule has 162 valence electrons. The summed E-state index contributed by atoms with van der Waals surface area (Å²) in [5.74, 6) is -0.198. The molecule has 4 aromatic rings. The number of carbonyl (C=O) groups excluding carboxylic acids is 1. The molecule has 4 rings (SSSR count). The number of nitrogens with zero attached hydrogens (tertiary/aromatic N) is 4. The fourth-order valence-electron chi connectivity index (χ4n) is 3.50. The second kappa shape index (κ2) is 8.67. The summed E-state index contributed by atoms with van der Waals surface area (Å²) in [7, 11) is 1.80. The Morgan fingerprint density at radius 2 is 1.94 bits per heavy atom. The van der Waals surface area contributed by atoms with Gasteiger partial charge in [-0.3, -0.25) is 9.48 Å². The maximum Gasteiger partial charge on any atom is 0.252 e. The number of halogens is 1. The van der Waals surface area contributed by atoms with Crippen molar-refractivity contribution in [2.75, 3.05) is 0 Å². The Labute approximate surface area is 195 Å². The summed E-state index contributed by atoms with van der Waals surface area (Å²) in [6, 6.07) is 15.8. The molecule has 1 N–H and O–H groups in total. The number of aryl methyl sites for hydroxylation is 2. The van der Waals surface area contributed by atoms with Crippen LogP contribution < -0.4 is 5.32 Å². The number of nitrogens with one attached hydrogen (secondary N) is 1. The molecule has 0 saturated heterocycles. The molecular formula is C25H24BrN5O. The van der Waals surface area contributed by atoms with Gasteiger partial charge in [0.25, 0.3) is 5.91 Å². The van der Waals surface area contributed by atoms with E-state index < -0.39 is 5.54 Å². The molecule has 0 fully saturated rings. The minimum atomic E-state index is -0.690. The van der Waals surface area contributed by atoms with Gasteiger partial charge in [-0.2, -0.15) is 0 Å². The summed E-state index contributed by atoms with van der Waals surface area (Å²) < 4.78 is 2.51. The Balaban J connectivity index is 1.73. The van der Waals surface area contributed by atoms with E-state index >= 15 is 0 Å². The lowest BCUT2D eigenvalue weighted by atomic mass is 9.99. The van der Waals surface area contributed by atoms with Gasteiger partial charge in [0.15, 0.2) is 0 Å². The lowest BCUT2D eigenvalue weighted by Gasteiger charge is -2.24. The van der Waals surface area contributed by atoms with Crippen molar-refractivity contribution in [1.82, 2.24) is 25.3 Å². The van der Waals surface area contributed by atoms with Gasteiger partial charge in [0.2, 0.25) is 0 Å². The van der Waals surface area contributed by atoms with Gasteiger partial charge in [-0.15, -0.1) is 5.10 Å². The molecule has 1 amide bonds. The predicted octanol–water partition coefficient (Wildman–Crippen LogP) is 5.27. The van der Waals surface area contributed by atoms with Crippen LogP contribution >= 0.6 is 15.9 Å². The Bertz CT molecular complexity index is 1340. The molecule has 6 nitrogen and oxygen atoms in total. The zero-order chi connectivity index (χ0) is 22.9. The summed E-state index contributed by atoms with van der Waals surface area (Å²) in [5.41, 5.74) is 4.28. The molecule has 2 heterocycles. The monoisotopic (exact) mass is 489 g/mol. The van der Waals surface area contributed by atoms with Crippen LogP contribution in [0.5, 0.6) is 0 Å². The first-order valence-corrected chi connectivity index (χ1v) is 11.0. The highest BCUT2D eigenvalue weighted by Crippen LogP contribution is 2.25. The largest absolute Gasteiger partial charge is 0.341 e. The third-order valence-corrected chi connectivity index (χ3v) is 5.69. The molecule has 2 aromatic heterocycles. The topological polar surface area (TPSA) is 72.7 Å². The highest BCUT2D eigenvalue weighted by atomic mass is 79.9. The van der Waals surface area contributed by atoms with Crippen molar-refractivity contribution < 1.29 is 4.79 Å². The van der Waals surface area contributed by atoms with Gasteiger partial charge in [-0.25, -0.2) is 4.98 Å². The number of fused-ring (bicyclic) bond motifs is 1. The normalized spacial score (nSPS) is 11.9. The highest BCUT2D eigenvalue weighted by molar-refractivity contribution is 9.10. The van der Waals surface area contributed by atoms with Crippen molar-refractivity contribution in [2.24, 2.45) is 7.05 Å². The first kappa shape index (κ1) is 21.9. The molecule has 0 aliphatic heterocycles. The smallest absolute Gasteiger partial charge is 0.252 e. The Morgan fingerprint density at radius 1 is 1.12 bits per heavy atom. The van der Waals surface area contributed by atoms with Crippen LogP contribution in [0, 0.1) is 6.92 Å². The molecular weight excluding hydrogens is 466 g/mol. The van der Waals surface area contributed by atoms with E-state index in [0.29, 0.717) is 17.0 Å². The van der Waals surface area contributed by atoms with Gasteiger partial charge < -0.3 is 5.32 Å². The van der Waals surface area contributed by atoms with E-state index in [1.807, 2.05) is 62.4 Å². The van der Waals surface area contributed by atoms with Crippen LogP contribution in [0.15, 0.2) is 59.2 Å². The molecule has 32 heavy (non-hydrogen) atoms. The van der Waals surface area contributed by atoms with Crippen molar-refractivity contribution in [2.45, 2.75) is 26.3 Å². The maximum absolute atomic E-state index is 13.4. The standard InChI is InChI=1S/C25H24BrN5O/c1-16-6-5-7-17(12-16)8-10-19-14-21(20-13-18(26)9-11-22(20)27-19)24(32)28-25(2,3)23-15-31(4)30-29-23/h5-15H,1-4H3,(H,28,32)/b10-8+. The first-order valence-electron chi connectivity index (χ1n) is 10.3. The summed E-state index contributed by atoms with van der Waals surface area (Å²) in [6.45, 7) is 5.88. The van der Waals surface area contributed by atoms with Crippen molar-refractivity contribution in [3.63, 3.8) is 0 Å². The molecule has 0 atom stereocenters. The van der Waals surface area contributed by atoms with E-state index in [4.69, 9.17) is 4.98 Å². The molecule has 0 aliphatic rings. The van der Waals surface area contributed by atoms with Crippen LogP contribution in [0.2, 0.25) is 0 Å². The predicted molar refractivity (Wildman–Crippen MR) is 131 cm³/mol. The number of hydrogen-bond acceptors (Lipinski definition) is 4. The van der Waals surface area contributed by atoms with Gasteiger partial charge in [0, 0.05) is 16.9 Å². The lowest BCUT2D eigenvalue weighted by Crippen LogP contribution is -2.41. The lowest BCUT2D eigenvalue weighted by molar-refractivity contribution is 0.0912. The SMILES string of the molecule is Cc1cccc(/C=C/c2cc(C(=O)NC(C)(C)c3cn(C)nn3)c3cc(Br)ccc3n2)c1. The van der Waals surface area contributed by atoms with E-state index in [-0.39, 0.29) is 5.91 Å². The Kier molecular flexibility index (Phi) is 5.93. The van der Waals surface area contributed by atoms with Crippen LogP contribution in [0.4, 0.5) is 0 Å². The Morgan fingerprint density at radius 3 is 2.66 bits per heavy atom. The van der Waals surface area contributed by atoms with Crippen molar-refractivity contribution in [1.29, 1.82) is 0 Å². The Hall–Kier alpha value is -3.32. The van der Waals surface area contributed by atoms with E-state index in [2.05, 4.69) is 50.6 Å². The first-order chi connectivity index (χ1) is 15.2. The van der Waals surface area contributed by atoms with Crippen LogP contribution in [0.25, 0.3) is 23.1 Å². The number of aromatic nitrogens is 4. The number of benzene rings is 2. The van der Waals surface area contributed by atoms with Crippen molar-refractivity contribution in [3.05, 3.63) is 87.3 Å². The molecule has 0 radical (unpaired) electrons. The minimum absolute atomic E-state index is 0.198. The minimum Gasteiger partial charge on any atom is -0.341 e. The fraction of sp³-hybridized carbons (Fsp3) is 0.200. The van der Waals surface area contributed by atoms with Gasteiger partial charge >= 0.3 is 0 Å². The summed E-state index contributed by atoms with van der Waals surface area (Å²) >= 11 is 3.51. The fourth-order valence-corrected chi connectivity index (χ4v) is 3.86. The number of carbonyl (C=O) groups is 1. The zero-order valence-corrected chi connectivity index (χ0v) is 20.0. The van der Waals surface area contributed by atoms with Crippen LogP contribution in [0.1, 0.15) is 46.7 Å². The molecule has 0 spiro atoms. The van der Waals surface area contributed by atoms with E-state index in [0.717, 1.165) is 20.9 Å². The second-order valence-electron chi connectivity index (χ2n) is 8.36. The third kappa shape index (κ3) is 4.78. The quantitative estimate of drug-likeness (QED) is 0.414. The number of pyridine rings is 1. The van der Waals surface area contributed by atoms with Gasteiger partial charge in [0.1, 0.15) is 5.69 Å². The highest BCUT2D eigenvalue weighted by Gasteiger charge is 2.27. The maximum atomic E-state index is 13.4. The molecule has 2 aromatic carbocycles. The number of hydrogen-bond donors (Lipinski definition) is 1. The van der Waals surface area contributed by atoms with E-state index in [1.54, 1.807) is 17.9 Å². The van der Waals surface area contributed by atoms with E-state index in [9.17, 15) is 4.79 Å². The third-order valence-electron chi connectivity index (χ3n) is 5.19. The van der Waals surface area contributed by atoms with Gasteiger partial charge in [-0.1, -0.05) is 57.0 Å². The van der Waals surface area contributed by atoms with Gasteiger partial charge in [-0.05, 0) is 56.7 Å². The number of rotatable bonds is 5. The van der Waals surface area contributed by atoms with Gasteiger partial charge in [0.05, 0.1) is 28.5 Å². The molecule has 0 aliphatic carbocycles. The molecule has 0 unspecified atom stereocenters. The molecule has 0 saturated carbocycles. The number of amides is 1. The van der Waals surface area contributed by atoms with E-state index in [1.165, 1.54) is 5.56 Å². The molecule has 7 heteroatoms. The van der Waals surface area contributed by atoms with Crippen LogP contribution in [0.3, 0.4) is 0 Å². The second-order valence-corrected chi connectivity index (χ2v) is 9.28. The van der Waals surface area contributed by atoms with Crippen LogP contribution in [-0.2, 0) is 12.6 Å². The average Bonchev–Trinajstić information content (AvgIpc) is 3.19. The zero-order valence-electron chi connectivity index (χ0n) is 18.4. The summed E-state index contributed by atoms with van der Waals surface area (Å²) in [5, 5.41) is 12.0. The van der Waals surface area contributed by atoms with Crippen LogP contribution in [-0.4, -0.2) is 25.9 Å². The van der Waals surface area contributed by atoms with Crippen molar-refractivity contribution >= 4 is 44.9 Å². The van der Waals surface area contributed by atoms with Crippen molar-refractivity contribution in [3.8, 4) is 0 Å². The summed E-state index contributed by atoms with van der Waals surface area (Å²) in [6.07, 6.45) is 5.74.